The van der Waals surface area contributed by atoms with Gasteiger partial charge in [-0.05, 0) is 31.7 Å². The van der Waals surface area contributed by atoms with E-state index in [9.17, 15) is 8.42 Å². The number of sulfone groups is 1. The van der Waals surface area contributed by atoms with Crippen LogP contribution in [-0.4, -0.2) is 32.0 Å². The van der Waals surface area contributed by atoms with Crippen LogP contribution >= 0.6 is 0 Å². The molecule has 0 aromatic heterocycles. The van der Waals surface area contributed by atoms with Gasteiger partial charge in [-0.15, -0.1) is 0 Å². The number of benzene rings is 1. The van der Waals surface area contributed by atoms with Gasteiger partial charge in [0.25, 0.3) is 0 Å². The van der Waals surface area contributed by atoms with E-state index < -0.39 is 9.84 Å². The van der Waals surface area contributed by atoms with Crippen LogP contribution in [0.2, 0.25) is 0 Å². The highest BCUT2D eigenvalue weighted by atomic mass is 32.2. The van der Waals surface area contributed by atoms with Crippen LogP contribution in [0.3, 0.4) is 0 Å². The first-order valence-corrected chi connectivity index (χ1v) is 8.28. The highest BCUT2D eigenvalue weighted by Gasteiger charge is 2.30. The molecule has 1 heterocycles. The van der Waals surface area contributed by atoms with Crippen molar-refractivity contribution in [1.82, 2.24) is 5.32 Å². The molecule has 1 aromatic rings. The molecule has 1 aromatic carbocycles. The summed E-state index contributed by atoms with van der Waals surface area (Å²) in [4.78, 5) is 0. The Bertz CT molecular complexity index is 470. The molecule has 2 atom stereocenters. The molecular weight excluding hydrogens is 246 g/mol. The third-order valence-electron chi connectivity index (χ3n) is 3.54. The van der Waals surface area contributed by atoms with E-state index in [2.05, 4.69) is 24.4 Å². The summed E-state index contributed by atoms with van der Waals surface area (Å²) in [6, 6.07) is 10.6. The molecule has 2 unspecified atom stereocenters. The van der Waals surface area contributed by atoms with Crippen molar-refractivity contribution in [2.45, 2.75) is 37.5 Å². The predicted molar refractivity (Wildman–Crippen MR) is 74.4 cm³/mol. The van der Waals surface area contributed by atoms with Gasteiger partial charge in [0, 0.05) is 12.6 Å². The lowest BCUT2D eigenvalue weighted by atomic mass is 10.1. The Kier molecular flexibility index (Phi) is 4.40. The Morgan fingerprint density at radius 3 is 2.67 bits per heavy atom. The molecule has 2 rings (SSSR count). The molecule has 1 aliphatic heterocycles. The molecule has 0 amide bonds. The Labute approximate surface area is 110 Å². The maximum absolute atomic E-state index is 11.7. The maximum atomic E-state index is 11.7. The molecule has 0 saturated carbocycles. The second-order valence-corrected chi connectivity index (χ2v) is 7.53. The minimum Gasteiger partial charge on any atom is -0.313 e. The summed E-state index contributed by atoms with van der Waals surface area (Å²) in [6.45, 7) is 2.70. The van der Waals surface area contributed by atoms with Crippen LogP contribution < -0.4 is 5.32 Å². The van der Waals surface area contributed by atoms with E-state index in [1.54, 1.807) is 0 Å². The zero-order valence-corrected chi connectivity index (χ0v) is 11.6. The number of rotatable bonds is 5. The summed E-state index contributed by atoms with van der Waals surface area (Å²) in [5.74, 6) is 0.367. The molecule has 1 aliphatic rings. The van der Waals surface area contributed by atoms with Gasteiger partial charge in [-0.2, -0.15) is 0 Å². The molecule has 1 N–H and O–H groups in total. The molecule has 3 nitrogen and oxygen atoms in total. The molecule has 100 valence electrons. The van der Waals surface area contributed by atoms with E-state index >= 15 is 0 Å². The molecule has 0 radical (unpaired) electrons. The van der Waals surface area contributed by atoms with Gasteiger partial charge in [0.05, 0.1) is 11.0 Å². The van der Waals surface area contributed by atoms with Gasteiger partial charge < -0.3 is 5.32 Å². The molecule has 0 spiro atoms. The summed E-state index contributed by atoms with van der Waals surface area (Å²) in [5, 5.41) is 3.18. The lowest BCUT2D eigenvalue weighted by Gasteiger charge is -2.17. The molecule has 4 heteroatoms. The molecule has 0 aliphatic carbocycles. The van der Waals surface area contributed by atoms with Crippen molar-refractivity contribution in [3.63, 3.8) is 0 Å². The van der Waals surface area contributed by atoms with Crippen molar-refractivity contribution in [2.24, 2.45) is 0 Å². The third-order valence-corrected chi connectivity index (χ3v) is 5.82. The van der Waals surface area contributed by atoms with Crippen molar-refractivity contribution in [3.8, 4) is 0 Å². The summed E-state index contributed by atoms with van der Waals surface area (Å²) < 4.78 is 23.4. The molecule has 18 heavy (non-hydrogen) atoms. The summed E-state index contributed by atoms with van der Waals surface area (Å²) in [7, 11) is -2.82. The van der Waals surface area contributed by atoms with Crippen LogP contribution in [0.5, 0.6) is 0 Å². The first kappa shape index (κ1) is 13.6. The first-order chi connectivity index (χ1) is 8.58. The topological polar surface area (TPSA) is 46.2 Å². The van der Waals surface area contributed by atoms with Crippen LogP contribution in [0.4, 0.5) is 0 Å². The Morgan fingerprint density at radius 2 is 2.06 bits per heavy atom. The number of nitrogens with one attached hydrogen (secondary N) is 1. The van der Waals surface area contributed by atoms with E-state index in [1.807, 2.05) is 18.2 Å². The van der Waals surface area contributed by atoms with Gasteiger partial charge in [0.2, 0.25) is 0 Å². The minimum atomic E-state index is -2.82. The summed E-state index contributed by atoms with van der Waals surface area (Å²) in [5.41, 5.74) is 1.28. The van der Waals surface area contributed by atoms with E-state index in [4.69, 9.17) is 0 Å². The van der Waals surface area contributed by atoms with E-state index in [-0.39, 0.29) is 5.25 Å². The average Bonchev–Trinajstić information content (AvgIpc) is 2.67. The fourth-order valence-electron chi connectivity index (χ4n) is 2.46. The van der Waals surface area contributed by atoms with Gasteiger partial charge >= 0.3 is 0 Å². The summed E-state index contributed by atoms with van der Waals surface area (Å²) in [6.07, 6.45) is 2.57. The number of hydrogen-bond donors (Lipinski definition) is 1. The average molecular weight is 267 g/mol. The van der Waals surface area contributed by atoms with Gasteiger partial charge in [-0.3, -0.25) is 0 Å². The van der Waals surface area contributed by atoms with E-state index in [0.717, 1.165) is 19.3 Å². The van der Waals surface area contributed by atoms with Crippen LogP contribution in [-0.2, 0) is 16.3 Å². The Hall–Kier alpha value is -0.870. The van der Waals surface area contributed by atoms with Crippen molar-refractivity contribution < 1.29 is 8.42 Å². The molecule has 1 saturated heterocycles. The molecule has 0 bridgehead atoms. The SMILES string of the molecule is CC(Cc1ccccc1)NCC1CCCS1(=O)=O. The van der Waals surface area contributed by atoms with Crippen LogP contribution in [0.25, 0.3) is 0 Å². The highest BCUT2D eigenvalue weighted by Crippen LogP contribution is 2.19. The van der Waals surface area contributed by atoms with Gasteiger partial charge in [0.1, 0.15) is 0 Å². The zero-order valence-electron chi connectivity index (χ0n) is 10.8. The van der Waals surface area contributed by atoms with Gasteiger partial charge in [-0.1, -0.05) is 30.3 Å². The monoisotopic (exact) mass is 267 g/mol. The lowest BCUT2D eigenvalue weighted by Crippen LogP contribution is -2.37. The largest absolute Gasteiger partial charge is 0.313 e. The second-order valence-electron chi connectivity index (χ2n) is 5.13. The van der Waals surface area contributed by atoms with Crippen molar-refractivity contribution >= 4 is 9.84 Å². The smallest absolute Gasteiger partial charge is 0.154 e. The van der Waals surface area contributed by atoms with Crippen LogP contribution in [0, 0.1) is 0 Å². The first-order valence-electron chi connectivity index (χ1n) is 6.57. The van der Waals surface area contributed by atoms with Gasteiger partial charge in [0.15, 0.2) is 9.84 Å². The van der Waals surface area contributed by atoms with Crippen LogP contribution in [0.15, 0.2) is 30.3 Å². The highest BCUT2D eigenvalue weighted by molar-refractivity contribution is 7.92. The fraction of sp³-hybridized carbons (Fsp3) is 0.571. The quantitative estimate of drug-likeness (QED) is 0.884. The maximum Gasteiger partial charge on any atom is 0.154 e. The Balaban J connectivity index is 1.80. The van der Waals surface area contributed by atoms with E-state index in [0.29, 0.717) is 18.3 Å². The predicted octanol–water partition coefficient (Wildman–Crippen LogP) is 1.78. The van der Waals surface area contributed by atoms with Crippen molar-refractivity contribution in [2.75, 3.05) is 12.3 Å². The third kappa shape index (κ3) is 3.56. The second kappa shape index (κ2) is 5.85. The van der Waals surface area contributed by atoms with Crippen molar-refractivity contribution in [3.05, 3.63) is 35.9 Å². The lowest BCUT2D eigenvalue weighted by molar-refractivity contribution is 0.521. The fourth-order valence-corrected chi connectivity index (χ4v) is 4.24. The standard InChI is InChI=1S/C14H21NO2S/c1-12(10-13-6-3-2-4-7-13)15-11-14-8-5-9-18(14,16)17/h2-4,6-7,12,14-15H,5,8-11H2,1H3. The van der Waals surface area contributed by atoms with Crippen LogP contribution in [0.1, 0.15) is 25.3 Å². The van der Waals surface area contributed by atoms with Crippen molar-refractivity contribution in [1.29, 1.82) is 0 Å². The number of hydrogen-bond acceptors (Lipinski definition) is 3. The summed E-state index contributed by atoms with van der Waals surface area (Å²) >= 11 is 0. The Morgan fingerprint density at radius 1 is 1.33 bits per heavy atom. The molecule has 1 fully saturated rings. The molecular formula is C14H21NO2S. The minimum absolute atomic E-state index is 0.171. The van der Waals surface area contributed by atoms with Gasteiger partial charge in [-0.25, -0.2) is 8.42 Å². The van der Waals surface area contributed by atoms with E-state index in [1.165, 1.54) is 5.56 Å². The normalized spacial score (nSPS) is 23.9. The zero-order chi connectivity index (χ0) is 13.0.